The second-order valence-electron chi connectivity index (χ2n) is 5.04. The first-order valence-corrected chi connectivity index (χ1v) is 5.70. The first-order valence-electron chi connectivity index (χ1n) is 5.70. The summed E-state index contributed by atoms with van der Waals surface area (Å²) in [5.74, 6) is 5.26. The van der Waals surface area contributed by atoms with Crippen LogP contribution in [-0.4, -0.2) is 6.61 Å². The Labute approximate surface area is 90.4 Å². The van der Waals surface area contributed by atoms with Crippen molar-refractivity contribution in [2.24, 2.45) is 11.3 Å². The standard InChI is InChI=1S/C13H17NO/c14-15-10-12(6-7-12)13(8-9-13)11-4-2-1-3-5-11/h1-5H,6-10,14H2. The zero-order chi connectivity index (χ0) is 10.4. The van der Waals surface area contributed by atoms with Gasteiger partial charge in [0, 0.05) is 10.8 Å². The Kier molecular flexibility index (Phi) is 1.91. The van der Waals surface area contributed by atoms with Crippen LogP contribution >= 0.6 is 0 Å². The topological polar surface area (TPSA) is 35.2 Å². The van der Waals surface area contributed by atoms with Crippen molar-refractivity contribution < 1.29 is 4.84 Å². The van der Waals surface area contributed by atoms with Gasteiger partial charge in [-0.05, 0) is 31.2 Å². The Morgan fingerprint density at radius 3 is 2.20 bits per heavy atom. The van der Waals surface area contributed by atoms with Crippen molar-refractivity contribution in [2.45, 2.75) is 31.1 Å². The second kappa shape index (κ2) is 3.06. The molecule has 1 aromatic carbocycles. The number of hydrogen-bond acceptors (Lipinski definition) is 2. The summed E-state index contributed by atoms with van der Waals surface area (Å²) < 4.78 is 0. The van der Waals surface area contributed by atoms with Gasteiger partial charge in [0.15, 0.2) is 0 Å². The van der Waals surface area contributed by atoms with Gasteiger partial charge in [-0.15, -0.1) is 0 Å². The fourth-order valence-corrected chi connectivity index (χ4v) is 3.08. The second-order valence-corrected chi connectivity index (χ2v) is 5.04. The molecule has 0 saturated heterocycles. The zero-order valence-electron chi connectivity index (χ0n) is 8.91. The van der Waals surface area contributed by atoms with E-state index in [1.54, 1.807) is 0 Å². The van der Waals surface area contributed by atoms with Gasteiger partial charge < -0.3 is 4.84 Å². The maximum absolute atomic E-state index is 5.26. The molecule has 1 aromatic rings. The van der Waals surface area contributed by atoms with Crippen LogP contribution in [0.3, 0.4) is 0 Å². The van der Waals surface area contributed by atoms with E-state index in [1.807, 2.05) is 0 Å². The molecule has 0 heterocycles. The summed E-state index contributed by atoms with van der Waals surface area (Å²) in [5, 5.41) is 0. The largest absolute Gasteiger partial charge is 0.304 e. The van der Waals surface area contributed by atoms with E-state index in [0.717, 1.165) is 6.61 Å². The summed E-state index contributed by atoms with van der Waals surface area (Å²) in [5.41, 5.74) is 2.25. The number of nitrogens with two attached hydrogens (primary N) is 1. The van der Waals surface area contributed by atoms with E-state index in [2.05, 4.69) is 30.3 Å². The minimum absolute atomic E-state index is 0.364. The molecule has 2 saturated carbocycles. The van der Waals surface area contributed by atoms with E-state index in [4.69, 9.17) is 10.7 Å². The van der Waals surface area contributed by atoms with Crippen LogP contribution in [0.2, 0.25) is 0 Å². The summed E-state index contributed by atoms with van der Waals surface area (Å²) in [6.45, 7) is 0.724. The van der Waals surface area contributed by atoms with Crippen molar-refractivity contribution in [3.05, 3.63) is 35.9 Å². The van der Waals surface area contributed by atoms with Gasteiger partial charge in [0.1, 0.15) is 0 Å². The highest BCUT2D eigenvalue weighted by atomic mass is 16.6. The van der Waals surface area contributed by atoms with Gasteiger partial charge in [0.05, 0.1) is 6.61 Å². The molecule has 0 spiro atoms. The third-order valence-electron chi connectivity index (χ3n) is 4.30. The van der Waals surface area contributed by atoms with Crippen LogP contribution in [0.1, 0.15) is 31.2 Å². The Morgan fingerprint density at radius 1 is 1.07 bits per heavy atom. The van der Waals surface area contributed by atoms with Crippen LogP contribution in [0.5, 0.6) is 0 Å². The highest BCUT2D eigenvalue weighted by molar-refractivity contribution is 5.37. The molecule has 2 N–H and O–H groups in total. The molecule has 0 bridgehead atoms. The maximum atomic E-state index is 5.26. The Balaban J connectivity index is 1.92. The van der Waals surface area contributed by atoms with Crippen molar-refractivity contribution in [3.8, 4) is 0 Å². The lowest BCUT2D eigenvalue weighted by molar-refractivity contribution is 0.0748. The monoisotopic (exact) mass is 203 g/mol. The normalized spacial score (nSPS) is 24.9. The Bertz CT molecular complexity index is 352. The third kappa shape index (κ3) is 1.25. The van der Waals surface area contributed by atoms with E-state index in [-0.39, 0.29) is 0 Å². The van der Waals surface area contributed by atoms with Crippen LogP contribution < -0.4 is 5.90 Å². The highest BCUT2D eigenvalue weighted by Crippen LogP contribution is 2.70. The molecule has 0 aromatic heterocycles. The lowest BCUT2D eigenvalue weighted by Crippen LogP contribution is -2.28. The lowest BCUT2D eigenvalue weighted by Gasteiger charge is -2.26. The minimum atomic E-state index is 0.364. The van der Waals surface area contributed by atoms with E-state index in [1.165, 1.54) is 31.2 Å². The highest BCUT2D eigenvalue weighted by Gasteiger charge is 2.65. The van der Waals surface area contributed by atoms with Crippen molar-refractivity contribution in [1.82, 2.24) is 0 Å². The maximum Gasteiger partial charge on any atom is 0.0744 e. The summed E-state index contributed by atoms with van der Waals surface area (Å²) in [7, 11) is 0. The molecule has 0 aliphatic heterocycles. The van der Waals surface area contributed by atoms with Gasteiger partial charge in [-0.2, -0.15) is 0 Å². The molecule has 0 atom stereocenters. The van der Waals surface area contributed by atoms with Crippen LogP contribution in [0.4, 0.5) is 0 Å². The van der Waals surface area contributed by atoms with Crippen LogP contribution in [0, 0.1) is 5.41 Å². The van der Waals surface area contributed by atoms with Crippen molar-refractivity contribution >= 4 is 0 Å². The molecule has 15 heavy (non-hydrogen) atoms. The van der Waals surface area contributed by atoms with Crippen molar-refractivity contribution in [1.29, 1.82) is 0 Å². The number of hydrogen-bond donors (Lipinski definition) is 1. The molecular weight excluding hydrogens is 186 g/mol. The molecule has 2 aliphatic carbocycles. The van der Waals surface area contributed by atoms with Gasteiger partial charge in [0.2, 0.25) is 0 Å². The molecule has 2 heteroatoms. The van der Waals surface area contributed by atoms with Crippen LogP contribution in [0.25, 0.3) is 0 Å². The number of rotatable bonds is 4. The van der Waals surface area contributed by atoms with Gasteiger partial charge in [-0.1, -0.05) is 30.3 Å². The first-order chi connectivity index (χ1) is 7.33. The molecule has 0 radical (unpaired) electrons. The molecule has 80 valence electrons. The SMILES string of the molecule is NOCC1(C2(c3ccccc3)CC2)CC1. The minimum Gasteiger partial charge on any atom is -0.304 e. The van der Waals surface area contributed by atoms with E-state index < -0.39 is 0 Å². The summed E-state index contributed by atoms with van der Waals surface area (Å²) in [6.07, 6.45) is 5.17. The van der Waals surface area contributed by atoms with Crippen molar-refractivity contribution in [2.75, 3.05) is 6.61 Å². The van der Waals surface area contributed by atoms with Gasteiger partial charge >= 0.3 is 0 Å². The molecule has 0 amide bonds. The fourth-order valence-electron chi connectivity index (χ4n) is 3.08. The first kappa shape index (κ1) is 9.37. The molecule has 2 nitrogen and oxygen atoms in total. The zero-order valence-corrected chi connectivity index (χ0v) is 8.91. The van der Waals surface area contributed by atoms with Gasteiger partial charge in [-0.3, -0.25) is 0 Å². The smallest absolute Gasteiger partial charge is 0.0744 e. The summed E-state index contributed by atoms with van der Waals surface area (Å²) in [6, 6.07) is 10.9. The Hall–Kier alpha value is -0.860. The van der Waals surface area contributed by atoms with E-state index >= 15 is 0 Å². The van der Waals surface area contributed by atoms with Crippen LogP contribution in [-0.2, 0) is 10.3 Å². The van der Waals surface area contributed by atoms with E-state index in [9.17, 15) is 0 Å². The predicted molar refractivity (Wildman–Crippen MR) is 59.2 cm³/mol. The lowest BCUT2D eigenvalue weighted by atomic mass is 9.80. The fraction of sp³-hybridized carbons (Fsp3) is 0.538. The summed E-state index contributed by atoms with van der Waals surface area (Å²) in [4.78, 5) is 4.92. The van der Waals surface area contributed by atoms with E-state index in [0.29, 0.717) is 10.8 Å². The molecule has 3 rings (SSSR count). The van der Waals surface area contributed by atoms with Crippen molar-refractivity contribution in [3.63, 3.8) is 0 Å². The Morgan fingerprint density at radius 2 is 1.73 bits per heavy atom. The molecular formula is C13H17NO. The quantitative estimate of drug-likeness (QED) is 0.762. The van der Waals surface area contributed by atoms with Gasteiger partial charge in [0.25, 0.3) is 0 Å². The molecule has 2 aliphatic rings. The molecule has 0 unspecified atom stereocenters. The molecule has 2 fully saturated rings. The predicted octanol–water partition coefficient (Wildman–Crippen LogP) is 2.39. The van der Waals surface area contributed by atoms with Crippen LogP contribution in [0.15, 0.2) is 30.3 Å². The summed E-state index contributed by atoms with van der Waals surface area (Å²) >= 11 is 0. The average Bonchev–Trinajstić information content (AvgIpc) is 3.14. The van der Waals surface area contributed by atoms with Gasteiger partial charge in [-0.25, -0.2) is 5.90 Å². The number of benzene rings is 1. The average molecular weight is 203 g/mol. The third-order valence-corrected chi connectivity index (χ3v) is 4.30.